The van der Waals surface area contributed by atoms with Crippen molar-refractivity contribution < 1.29 is 26.3 Å². The first-order valence-electron chi connectivity index (χ1n) is 9.87. The summed E-state index contributed by atoms with van der Waals surface area (Å²) in [7, 11) is 0. The van der Waals surface area contributed by atoms with Gasteiger partial charge in [0.2, 0.25) is 11.9 Å². The third-order valence-corrected chi connectivity index (χ3v) is 5.56. The molecule has 6 aliphatic rings. The normalized spacial score (nSPS) is 20.3. The van der Waals surface area contributed by atoms with E-state index in [2.05, 4.69) is 41.2 Å². The Morgan fingerprint density at radius 3 is 1.35 bits per heavy atom. The number of alkyl halides is 6. The van der Waals surface area contributed by atoms with Crippen LogP contribution in [0.2, 0.25) is 0 Å². The first-order chi connectivity index (χ1) is 16.1. The molecule has 2 aromatic heterocycles. The lowest BCUT2D eigenvalue weighted by Gasteiger charge is -2.22. The molecule has 0 unspecified atom stereocenters. The molecular formula is C20H12F6N8. The minimum Gasteiger partial charge on any atom is -0.359 e. The van der Waals surface area contributed by atoms with E-state index in [1.54, 1.807) is 24.3 Å². The second kappa shape index (κ2) is 6.71. The highest BCUT2D eigenvalue weighted by Gasteiger charge is 2.61. The molecule has 9 rings (SSSR count). The number of anilines is 6. The molecule has 0 atom stereocenters. The van der Waals surface area contributed by atoms with Crippen molar-refractivity contribution in [3.05, 3.63) is 58.9 Å². The van der Waals surface area contributed by atoms with Crippen LogP contribution in [0, 0.1) is 0 Å². The molecule has 0 saturated heterocycles. The summed E-state index contributed by atoms with van der Waals surface area (Å²) in [5, 5.41) is 11.1. The Labute approximate surface area is 186 Å². The van der Waals surface area contributed by atoms with Gasteiger partial charge in [-0.15, -0.1) is 0 Å². The summed E-state index contributed by atoms with van der Waals surface area (Å²) >= 11 is 0. The van der Waals surface area contributed by atoms with Crippen LogP contribution >= 0.6 is 0 Å². The molecule has 0 saturated carbocycles. The first-order valence-corrected chi connectivity index (χ1v) is 9.87. The molecule has 4 aliphatic heterocycles. The van der Waals surface area contributed by atoms with Gasteiger partial charge in [0.05, 0.1) is 12.1 Å². The lowest BCUT2D eigenvalue weighted by molar-refractivity contribution is -0.138. The molecule has 6 heterocycles. The van der Waals surface area contributed by atoms with E-state index in [9.17, 15) is 26.3 Å². The monoisotopic (exact) mass is 478 g/mol. The maximum Gasteiger partial charge on any atom is 0.421 e. The Hall–Kier alpha value is -4.10. The van der Waals surface area contributed by atoms with Gasteiger partial charge in [-0.25, -0.2) is 9.97 Å². The predicted octanol–water partition coefficient (Wildman–Crippen LogP) is 4.69. The maximum absolute atomic E-state index is 13.5. The fourth-order valence-electron chi connectivity index (χ4n) is 3.75. The van der Waals surface area contributed by atoms with E-state index in [0.29, 0.717) is 34.9 Å². The second-order valence-corrected chi connectivity index (χ2v) is 7.80. The smallest absolute Gasteiger partial charge is 0.359 e. The van der Waals surface area contributed by atoms with Gasteiger partial charge < -0.3 is 21.3 Å². The summed E-state index contributed by atoms with van der Waals surface area (Å²) in [6.07, 6.45) is -8.04. The summed E-state index contributed by atoms with van der Waals surface area (Å²) < 4.78 is 80.8. The first kappa shape index (κ1) is 20.5. The van der Waals surface area contributed by atoms with E-state index < -0.39 is 47.2 Å². The van der Waals surface area contributed by atoms with Crippen LogP contribution in [-0.2, 0) is 12.4 Å². The van der Waals surface area contributed by atoms with Crippen LogP contribution in [0.4, 0.5) is 61.2 Å². The number of nitrogens with zero attached hydrogens (tertiary/aromatic N) is 4. The van der Waals surface area contributed by atoms with Crippen molar-refractivity contribution in [3.8, 4) is 0 Å². The fraction of sp³-hybridized carbons (Fsp3) is 0.200. The summed E-state index contributed by atoms with van der Waals surface area (Å²) in [6, 6.07) is 5.30. The molecule has 34 heavy (non-hydrogen) atoms. The number of nitrogens with one attached hydrogen (secondary N) is 4. The van der Waals surface area contributed by atoms with Crippen molar-refractivity contribution >= 4 is 34.9 Å². The Balaban J connectivity index is 1.38. The van der Waals surface area contributed by atoms with Crippen LogP contribution in [0.5, 0.6) is 0 Å². The molecule has 0 fully saturated rings. The van der Waals surface area contributed by atoms with Gasteiger partial charge in [-0.05, 0) is 35.4 Å². The topological polar surface area (TPSA) is 99.7 Å². The zero-order chi connectivity index (χ0) is 23.8. The minimum absolute atomic E-state index is 0.0515. The highest BCUT2D eigenvalue weighted by molar-refractivity contribution is 5.81. The highest BCUT2D eigenvalue weighted by Crippen LogP contribution is 2.58. The lowest BCUT2D eigenvalue weighted by Crippen LogP contribution is -2.30. The van der Waals surface area contributed by atoms with Crippen LogP contribution in [0.25, 0.3) is 0 Å². The maximum atomic E-state index is 13.5. The Morgan fingerprint density at radius 1 is 0.618 bits per heavy atom. The van der Waals surface area contributed by atoms with E-state index in [-0.39, 0.29) is 11.9 Å². The average Bonchev–Trinajstić information content (AvgIpc) is 3.65. The van der Waals surface area contributed by atoms with Gasteiger partial charge in [0, 0.05) is 23.8 Å². The molecule has 1 aromatic carbocycles. The number of halogens is 6. The molecule has 0 spiro atoms. The quantitative estimate of drug-likeness (QED) is 0.273. The van der Waals surface area contributed by atoms with Crippen LogP contribution in [0.15, 0.2) is 47.8 Å². The largest absolute Gasteiger partial charge is 0.421 e. The van der Waals surface area contributed by atoms with Crippen molar-refractivity contribution in [2.24, 2.45) is 0 Å². The van der Waals surface area contributed by atoms with E-state index in [1.165, 1.54) is 0 Å². The molecule has 174 valence electrons. The van der Waals surface area contributed by atoms with Gasteiger partial charge in [-0.2, -0.15) is 36.3 Å². The summed E-state index contributed by atoms with van der Waals surface area (Å²) in [5.74, 6) is -0.957. The zero-order valence-corrected chi connectivity index (χ0v) is 16.7. The average molecular weight is 478 g/mol. The van der Waals surface area contributed by atoms with E-state index >= 15 is 0 Å². The van der Waals surface area contributed by atoms with Gasteiger partial charge in [0.25, 0.3) is 0 Å². The molecule has 0 radical (unpaired) electrons. The van der Waals surface area contributed by atoms with Gasteiger partial charge >= 0.3 is 12.4 Å². The number of rotatable bonds is 0. The predicted molar refractivity (Wildman–Crippen MR) is 109 cm³/mol. The fourth-order valence-corrected chi connectivity index (χ4v) is 3.75. The molecule has 2 aliphatic carbocycles. The number of hydrogen-bond donors (Lipinski definition) is 4. The molecule has 8 bridgehead atoms. The lowest BCUT2D eigenvalue weighted by atomic mass is 10.1. The van der Waals surface area contributed by atoms with Gasteiger partial charge in [-0.3, -0.25) is 0 Å². The van der Waals surface area contributed by atoms with Crippen molar-refractivity contribution in [3.63, 3.8) is 0 Å². The second-order valence-electron chi connectivity index (χ2n) is 7.80. The van der Waals surface area contributed by atoms with E-state index in [0.717, 1.165) is 0 Å². The Bertz CT molecular complexity index is 1230. The molecule has 8 nitrogen and oxygen atoms in total. The van der Waals surface area contributed by atoms with Crippen LogP contribution in [0.3, 0.4) is 0 Å². The summed E-state index contributed by atoms with van der Waals surface area (Å²) in [5.41, 5.74) is 0.196. The molecule has 14 heteroatoms. The summed E-state index contributed by atoms with van der Waals surface area (Å²) in [4.78, 5) is 15.5. The van der Waals surface area contributed by atoms with E-state index in [4.69, 9.17) is 0 Å². The minimum atomic E-state index is -4.70. The molecule has 3 aromatic rings. The van der Waals surface area contributed by atoms with Gasteiger partial charge in [-0.1, -0.05) is 0 Å². The summed E-state index contributed by atoms with van der Waals surface area (Å²) in [6.45, 7) is 0. The van der Waals surface area contributed by atoms with Crippen LogP contribution in [-0.4, -0.2) is 32.0 Å². The third kappa shape index (κ3) is 3.50. The standard InChI is InChI=1S/C20H12F6N8/c21-19(22,23)9-5-27-17-29-7-1-2-8(4-3-7)30-18-28-6-10(20(24,25)26)16(34-18)32-14-11-12(14)13(11)31-15(9)33-17/h1-6,13-14H,(H2,27,29,31,33)(H2,28,30,32,34). The van der Waals surface area contributed by atoms with E-state index in [1.807, 2.05) is 0 Å². The SMILES string of the molecule is FC(F)(F)c1cnc2nc1NC1C3=C1C3Nc1nc(ncc1C(F)(F)F)Nc1ccc(cc1)N2. The Kier molecular flexibility index (Phi) is 4.05. The van der Waals surface area contributed by atoms with Gasteiger partial charge in [0.1, 0.15) is 22.8 Å². The van der Waals surface area contributed by atoms with Crippen molar-refractivity contribution in [2.75, 3.05) is 21.3 Å². The Morgan fingerprint density at radius 2 is 1.00 bits per heavy atom. The van der Waals surface area contributed by atoms with Gasteiger partial charge in [0.15, 0.2) is 0 Å². The number of benzene rings is 1. The molecular weight excluding hydrogens is 466 g/mol. The zero-order valence-electron chi connectivity index (χ0n) is 16.7. The molecule has 4 N–H and O–H groups in total. The highest BCUT2D eigenvalue weighted by atomic mass is 19.4. The van der Waals surface area contributed by atoms with Crippen molar-refractivity contribution in [1.82, 2.24) is 19.9 Å². The third-order valence-electron chi connectivity index (χ3n) is 5.56. The van der Waals surface area contributed by atoms with Crippen molar-refractivity contribution in [2.45, 2.75) is 24.4 Å². The number of hydrogen-bond acceptors (Lipinski definition) is 8. The van der Waals surface area contributed by atoms with Crippen LogP contribution in [0.1, 0.15) is 11.1 Å². The van der Waals surface area contributed by atoms with Crippen molar-refractivity contribution in [1.29, 1.82) is 0 Å². The number of aromatic nitrogens is 4. The van der Waals surface area contributed by atoms with Crippen LogP contribution < -0.4 is 21.3 Å². The molecule has 0 amide bonds.